The smallest absolute Gasteiger partial charge is 0.188 e. The van der Waals surface area contributed by atoms with Gasteiger partial charge in [0, 0.05) is 35.2 Å². The zero-order chi connectivity index (χ0) is 14.4. The van der Waals surface area contributed by atoms with Crippen molar-refractivity contribution in [1.82, 2.24) is 10.3 Å². The quantitative estimate of drug-likeness (QED) is 0.435. The van der Waals surface area contributed by atoms with Crippen LogP contribution in [-0.4, -0.2) is 24.0 Å². The van der Waals surface area contributed by atoms with Crippen LogP contribution in [0.3, 0.4) is 0 Å². The second kappa shape index (κ2) is 7.20. The second-order valence-corrected chi connectivity index (χ2v) is 5.24. The number of halogens is 1. The Kier molecular flexibility index (Phi) is 5.30. The van der Waals surface area contributed by atoms with Gasteiger partial charge in [0.2, 0.25) is 0 Å². The minimum Gasteiger partial charge on any atom is -0.370 e. The molecular formula is C15H21ClN4. The lowest BCUT2D eigenvalue weighted by molar-refractivity contribution is 0.791. The molecule has 0 saturated carbocycles. The van der Waals surface area contributed by atoms with Gasteiger partial charge in [0.05, 0.1) is 0 Å². The molecule has 5 heteroatoms. The van der Waals surface area contributed by atoms with Gasteiger partial charge in [-0.3, -0.25) is 4.99 Å². The Bertz CT molecular complexity index is 589. The number of aromatic amines is 1. The molecule has 0 spiro atoms. The lowest BCUT2D eigenvalue weighted by atomic mass is 10.1. The summed E-state index contributed by atoms with van der Waals surface area (Å²) in [7, 11) is 0. The molecule has 2 aromatic rings. The van der Waals surface area contributed by atoms with Crippen LogP contribution in [0, 0.1) is 0 Å². The van der Waals surface area contributed by atoms with E-state index in [1.54, 1.807) is 0 Å². The third-order valence-corrected chi connectivity index (χ3v) is 3.46. The molecule has 1 aromatic carbocycles. The van der Waals surface area contributed by atoms with Crippen LogP contribution in [0.1, 0.15) is 25.3 Å². The molecule has 0 aliphatic rings. The van der Waals surface area contributed by atoms with Crippen molar-refractivity contribution in [1.29, 1.82) is 0 Å². The summed E-state index contributed by atoms with van der Waals surface area (Å²) in [6, 6.07) is 5.87. The first-order valence-electron chi connectivity index (χ1n) is 7.00. The Morgan fingerprint density at radius 2 is 2.30 bits per heavy atom. The fourth-order valence-corrected chi connectivity index (χ4v) is 2.27. The van der Waals surface area contributed by atoms with Crippen LogP contribution in [0.2, 0.25) is 5.02 Å². The predicted molar refractivity (Wildman–Crippen MR) is 86.4 cm³/mol. The number of hydrogen-bond donors (Lipinski definition) is 3. The van der Waals surface area contributed by atoms with Gasteiger partial charge >= 0.3 is 0 Å². The van der Waals surface area contributed by atoms with Gasteiger partial charge in [0.15, 0.2) is 5.96 Å². The number of hydrogen-bond acceptors (Lipinski definition) is 1. The van der Waals surface area contributed by atoms with Crippen molar-refractivity contribution in [3.8, 4) is 0 Å². The van der Waals surface area contributed by atoms with Crippen molar-refractivity contribution >= 4 is 28.5 Å². The van der Waals surface area contributed by atoms with E-state index >= 15 is 0 Å². The van der Waals surface area contributed by atoms with E-state index in [1.165, 1.54) is 10.9 Å². The summed E-state index contributed by atoms with van der Waals surface area (Å²) < 4.78 is 0. The Morgan fingerprint density at radius 3 is 3.10 bits per heavy atom. The van der Waals surface area contributed by atoms with Gasteiger partial charge < -0.3 is 16.0 Å². The van der Waals surface area contributed by atoms with Gasteiger partial charge in [0.25, 0.3) is 0 Å². The van der Waals surface area contributed by atoms with Crippen molar-refractivity contribution in [2.45, 2.75) is 26.2 Å². The van der Waals surface area contributed by atoms with Crippen LogP contribution in [-0.2, 0) is 6.42 Å². The fourth-order valence-electron chi connectivity index (χ4n) is 2.10. The van der Waals surface area contributed by atoms with Gasteiger partial charge in [-0.15, -0.1) is 0 Å². The van der Waals surface area contributed by atoms with Crippen LogP contribution in [0.5, 0.6) is 0 Å². The molecule has 1 aromatic heterocycles. The van der Waals surface area contributed by atoms with Gasteiger partial charge in [-0.25, -0.2) is 0 Å². The van der Waals surface area contributed by atoms with Crippen molar-refractivity contribution in [3.63, 3.8) is 0 Å². The van der Waals surface area contributed by atoms with Gasteiger partial charge in [0.1, 0.15) is 0 Å². The summed E-state index contributed by atoms with van der Waals surface area (Å²) in [5, 5.41) is 5.06. The molecule has 108 valence electrons. The molecule has 0 aliphatic heterocycles. The number of unbranched alkanes of at least 4 members (excludes halogenated alkanes) is 1. The molecule has 0 unspecified atom stereocenters. The average molecular weight is 293 g/mol. The number of fused-ring (bicyclic) bond motifs is 1. The van der Waals surface area contributed by atoms with Crippen LogP contribution >= 0.6 is 11.6 Å². The lowest BCUT2D eigenvalue weighted by Crippen LogP contribution is -2.33. The van der Waals surface area contributed by atoms with Gasteiger partial charge in [-0.1, -0.05) is 24.9 Å². The molecule has 4 nitrogen and oxygen atoms in total. The number of nitrogens with one attached hydrogen (secondary N) is 2. The van der Waals surface area contributed by atoms with E-state index in [1.807, 2.05) is 24.4 Å². The molecule has 0 saturated heterocycles. The van der Waals surface area contributed by atoms with Crippen molar-refractivity contribution in [2.24, 2.45) is 10.7 Å². The van der Waals surface area contributed by atoms with E-state index in [-0.39, 0.29) is 0 Å². The van der Waals surface area contributed by atoms with Crippen LogP contribution in [0.4, 0.5) is 0 Å². The highest BCUT2D eigenvalue weighted by Gasteiger charge is 2.04. The van der Waals surface area contributed by atoms with Crippen LogP contribution in [0.15, 0.2) is 29.4 Å². The first-order valence-corrected chi connectivity index (χ1v) is 7.38. The highest BCUT2D eigenvalue weighted by molar-refractivity contribution is 6.31. The minimum absolute atomic E-state index is 0.524. The van der Waals surface area contributed by atoms with E-state index in [0.29, 0.717) is 5.96 Å². The molecule has 0 amide bonds. The Labute approximate surface area is 124 Å². The number of aromatic nitrogens is 1. The summed E-state index contributed by atoms with van der Waals surface area (Å²) in [4.78, 5) is 7.51. The topological polar surface area (TPSA) is 66.2 Å². The fraction of sp³-hybridized carbons (Fsp3) is 0.400. The van der Waals surface area contributed by atoms with Crippen molar-refractivity contribution in [2.75, 3.05) is 13.1 Å². The van der Waals surface area contributed by atoms with Gasteiger partial charge in [-0.2, -0.15) is 0 Å². The zero-order valence-corrected chi connectivity index (χ0v) is 12.5. The summed E-state index contributed by atoms with van der Waals surface area (Å²) in [6.45, 7) is 3.69. The molecule has 0 atom stereocenters. The van der Waals surface area contributed by atoms with E-state index in [2.05, 4.69) is 22.2 Å². The SMILES string of the molecule is CCCCN=C(N)NCCc1c[nH]c2ccc(Cl)cc12. The number of H-pyrrole nitrogens is 1. The maximum atomic E-state index is 6.03. The Morgan fingerprint density at radius 1 is 1.45 bits per heavy atom. The van der Waals surface area contributed by atoms with E-state index in [4.69, 9.17) is 17.3 Å². The summed E-state index contributed by atoms with van der Waals surface area (Å²) in [5.74, 6) is 0.524. The zero-order valence-electron chi connectivity index (χ0n) is 11.7. The van der Waals surface area contributed by atoms with Crippen molar-refractivity contribution < 1.29 is 0 Å². The molecule has 0 radical (unpaired) electrons. The molecule has 0 aliphatic carbocycles. The predicted octanol–water partition coefficient (Wildman–Crippen LogP) is 3.07. The van der Waals surface area contributed by atoms with E-state index in [9.17, 15) is 0 Å². The normalized spacial score (nSPS) is 12.0. The summed E-state index contributed by atoms with van der Waals surface area (Å²) in [6.07, 6.45) is 5.10. The molecule has 20 heavy (non-hydrogen) atoms. The molecular weight excluding hydrogens is 272 g/mol. The molecule has 1 heterocycles. The number of guanidine groups is 1. The lowest BCUT2D eigenvalue weighted by Gasteiger charge is -2.05. The molecule has 2 rings (SSSR count). The minimum atomic E-state index is 0.524. The Balaban J connectivity index is 1.90. The van der Waals surface area contributed by atoms with Gasteiger partial charge in [-0.05, 0) is 36.6 Å². The number of nitrogens with zero attached hydrogens (tertiary/aromatic N) is 1. The third-order valence-electron chi connectivity index (χ3n) is 3.22. The summed E-state index contributed by atoms with van der Waals surface area (Å²) in [5.41, 5.74) is 8.14. The highest BCUT2D eigenvalue weighted by Crippen LogP contribution is 2.22. The standard InChI is InChI=1S/C15H21ClN4/c1-2-3-7-18-15(17)19-8-6-11-10-20-14-5-4-12(16)9-13(11)14/h4-5,9-10,20H,2-3,6-8H2,1H3,(H3,17,18,19). The van der Waals surface area contributed by atoms with E-state index in [0.717, 1.165) is 42.9 Å². The number of aliphatic imine (C=N–C) groups is 1. The largest absolute Gasteiger partial charge is 0.370 e. The highest BCUT2D eigenvalue weighted by atomic mass is 35.5. The maximum absolute atomic E-state index is 6.03. The number of benzene rings is 1. The maximum Gasteiger partial charge on any atom is 0.188 e. The Hall–Kier alpha value is -1.68. The molecule has 0 bridgehead atoms. The average Bonchev–Trinajstić information content (AvgIpc) is 2.82. The monoisotopic (exact) mass is 292 g/mol. The molecule has 0 fully saturated rings. The number of nitrogens with two attached hydrogens (primary N) is 1. The number of rotatable bonds is 6. The molecule has 4 N–H and O–H groups in total. The van der Waals surface area contributed by atoms with E-state index < -0.39 is 0 Å². The third kappa shape index (κ3) is 3.90. The van der Waals surface area contributed by atoms with Crippen molar-refractivity contribution in [3.05, 3.63) is 35.0 Å². The summed E-state index contributed by atoms with van der Waals surface area (Å²) >= 11 is 6.03. The first kappa shape index (κ1) is 14.7. The van der Waals surface area contributed by atoms with Crippen LogP contribution in [0.25, 0.3) is 10.9 Å². The first-order chi connectivity index (χ1) is 9.70. The van der Waals surface area contributed by atoms with Crippen LogP contribution < -0.4 is 11.1 Å². The second-order valence-electron chi connectivity index (χ2n) is 4.80.